The fourth-order valence-electron chi connectivity index (χ4n) is 1.70. The smallest absolute Gasteiger partial charge is 0.282 e. The van der Waals surface area contributed by atoms with E-state index in [2.05, 4.69) is 5.32 Å². The summed E-state index contributed by atoms with van der Waals surface area (Å²) in [6.07, 6.45) is 0. The molecule has 0 heterocycles. The molecule has 0 aromatic heterocycles. The molecule has 0 aliphatic heterocycles. The number of carbonyl (C=O) groups excluding carboxylic acids is 1. The molecule has 0 radical (unpaired) electrons. The molecule has 0 saturated heterocycles. The van der Waals surface area contributed by atoms with E-state index in [1.54, 1.807) is 6.07 Å². The standard InChI is InChI=1S/C14H12N2O3/c17-14(15-10-11-6-2-1-3-7-11)12-8-4-5-9-13(12)16(18)19/h1-9H,10H2,(H,15,17). The van der Waals surface area contributed by atoms with Gasteiger partial charge in [0.25, 0.3) is 11.6 Å². The SMILES string of the molecule is O=C(NCc1ccccc1)c1ccccc1[N+](=O)[O-]. The summed E-state index contributed by atoms with van der Waals surface area (Å²) in [5.41, 5.74) is 0.825. The number of benzene rings is 2. The maximum atomic E-state index is 11.9. The molecule has 5 heteroatoms. The van der Waals surface area contributed by atoms with E-state index in [-0.39, 0.29) is 11.3 Å². The molecular formula is C14H12N2O3. The van der Waals surface area contributed by atoms with Crippen LogP contribution in [0.4, 0.5) is 5.69 Å². The van der Waals surface area contributed by atoms with Crippen molar-refractivity contribution >= 4 is 11.6 Å². The molecule has 0 aliphatic rings. The maximum Gasteiger partial charge on any atom is 0.282 e. The lowest BCUT2D eigenvalue weighted by atomic mass is 10.1. The van der Waals surface area contributed by atoms with Gasteiger partial charge in [-0.25, -0.2) is 0 Å². The Morgan fingerprint density at radius 1 is 1.05 bits per heavy atom. The molecule has 0 bridgehead atoms. The van der Waals surface area contributed by atoms with Gasteiger partial charge in [-0.3, -0.25) is 14.9 Å². The summed E-state index contributed by atoms with van der Waals surface area (Å²) >= 11 is 0. The second-order valence-corrected chi connectivity index (χ2v) is 3.94. The van der Waals surface area contributed by atoms with E-state index in [1.165, 1.54) is 18.2 Å². The van der Waals surface area contributed by atoms with E-state index in [4.69, 9.17) is 0 Å². The number of nitrogens with zero attached hydrogens (tertiary/aromatic N) is 1. The largest absolute Gasteiger partial charge is 0.348 e. The van der Waals surface area contributed by atoms with E-state index >= 15 is 0 Å². The zero-order valence-corrected chi connectivity index (χ0v) is 10.1. The highest BCUT2D eigenvalue weighted by molar-refractivity contribution is 5.98. The van der Waals surface area contributed by atoms with Crippen molar-refractivity contribution in [3.05, 3.63) is 75.8 Å². The highest BCUT2D eigenvalue weighted by Crippen LogP contribution is 2.17. The van der Waals surface area contributed by atoms with Gasteiger partial charge in [0.05, 0.1) is 4.92 Å². The molecule has 0 unspecified atom stereocenters. The first-order valence-corrected chi connectivity index (χ1v) is 5.74. The fraction of sp³-hybridized carbons (Fsp3) is 0.0714. The van der Waals surface area contributed by atoms with Crippen LogP contribution >= 0.6 is 0 Å². The van der Waals surface area contributed by atoms with Crippen molar-refractivity contribution in [1.82, 2.24) is 5.32 Å². The highest BCUT2D eigenvalue weighted by Gasteiger charge is 2.18. The number of rotatable bonds is 4. The van der Waals surface area contributed by atoms with Crippen molar-refractivity contribution in [2.24, 2.45) is 0 Å². The number of nitro benzene ring substituents is 1. The Morgan fingerprint density at radius 2 is 1.68 bits per heavy atom. The van der Waals surface area contributed by atoms with Gasteiger partial charge in [0.15, 0.2) is 0 Å². The molecular weight excluding hydrogens is 244 g/mol. The van der Waals surface area contributed by atoms with Crippen LogP contribution < -0.4 is 5.32 Å². The quantitative estimate of drug-likeness (QED) is 0.674. The van der Waals surface area contributed by atoms with Crippen LogP contribution in [0.5, 0.6) is 0 Å². The van der Waals surface area contributed by atoms with Gasteiger partial charge in [-0.2, -0.15) is 0 Å². The van der Waals surface area contributed by atoms with Crippen molar-refractivity contribution in [3.63, 3.8) is 0 Å². The Bertz CT molecular complexity index is 597. The first-order valence-electron chi connectivity index (χ1n) is 5.74. The van der Waals surface area contributed by atoms with E-state index < -0.39 is 10.8 Å². The van der Waals surface area contributed by atoms with Crippen molar-refractivity contribution in [1.29, 1.82) is 0 Å². The summed E-state index contributed by atoms with van der Waals surface area (Å²) in [4.78, 5) is 22.2. The van der Waals surface area contributed by atoms with Crippen molar-refractivity contribution in [3.8, 4) is 0 Å². The Hall–Kier alpha value is -2.69. The Labute approximate surface area is 110 Å². The number of amides is 1. The number of nitro groups is 1. The monoisotopic (exact) mass is 256 g/mol. The van der Waals surface area contributed by atoms with Gasteiger partial charge in [-0.15, -0.1) is 0 Å². The first kappa shape index (κ1) is 12.8. The highest BCUT2D eigenvalue weighted by atomic mass is 16.6. The van der Waals surface area contributed by atoms with Crippen LogP contribution in [0.25, 0.3) is 0 Å². The average Bonchev–Trinajstić information content (AvgIpc) is 2.46. The minimum Gasteiger partial charge on any atom is -0.348 e. The predicted molar refractivity (Wildman–Crippen MR) is 70.7 cm³/mol. The Balaban J connectivity index is 2.10. The van der Waals surface area contributed by atoms with Gasteiger partial charge in [0, 0.05) is 12.6 Å². The molecule has 2 aromatic carbocycles. The van der Waals surface area contributed by atoms with Crippen LogP contribution in [0, 0.1) is 10.1 Å². The van der Waals surface area contributed by atoms with Crippen molar-refractivity contribution in [2.45, 2.75) is 6.54 Å². The molecule has 1 N–H and O–H groups in total. The number of carbonyl (C=O) groups is 1. The minimum absolute atomic E-state index is 0.0726. The van der Waals surface area contributed by atoms with E-state index in [9.17, 15) is 14.9 Å². The van der Waals surface area contributed by atoms with Gasteiger partial charge >= 0.3 is 0 Å². The molecule has 19 heavy (non-hydrogen) atoms. The van der Waals surface area contributed by atoms with Crippen LogP contribution in [0.3, 0.4) is 0 Å². The molecule has 0 fully saturated rings. The van der Waals surface area contributed by atoms with Crippen LogP contribution in [0.15, 0.2) is 54.6 Å². The zero-order chi connectivity index (χ0) is 13.7. The Kier molecular flexibility index (Phi) is 3.87. The normalized spacial score (nSPS) is 9.89. The van der Waals surface area contributed by atoms with Gasteiger partial charge in [0.1, 0.15) is 5.56 Å². The number of hydrogen-bond acceptors (Lipinski definition) is 3. The summed E-state index contributed by atoms with van der Waals surface area (Å²) in [6.45, 7) is 0.339. The van der Waals surface area contributed by atoms with E-state index in [0.29, 0.717) is 6.54 Å². The van der Waals surface area contributed by atoms with Crippen molar-refractivity contribution in [2.75, 3.05) is 0 Å². The average molecular weight is 256 g/mol. The molecule has 0 saturated carbocycles. The molecule has 0 atom stereocenters. The molecule has 5 nitrogen and oxygen atoms in total. The van der Waals surface area contributed by atoms with Gasteiger partial charge in [-0.1, -0.05) is 42.5 Å². The number of nitrogens with one attached hydrogen (secondary N) is 1. The lowest BCUT2D eigenvalue weighted by Gasteiger charge is -2.05. The zero-order valence-electron chi connectivity index (χ0n) is 10.1. The van der Waals surface area contributed by atoms with E-state index in [1.807, 2.05) is 30.3 Å². The molecule has 0 aliphatic carbocycles. The van der Waals surface area contributed by atoms with Gasteiger partial charge in [0.2, 0.25) is 0 Å². The third-order valence-corrected chi connectivity index (χ3v) is 2.64. The van der Waals surface area contributed by atoms with Crippen LogP contribution in [-0.2, 0) is 6.54 Å². The number of hydrogen-bond donors (Lipinski definition) is 1. The maximum absolute atomic E-state index is 11.9. The number of para-hydroxylation sites is 1. The summed E-state index contributed by atoms with van der Waals surface area (Å²) in [7, 11) is 0. The van der Waals surface area contributed by atoms with Crippen LogP contribution in [0.2, 0.25) is 0 Å². The molecule has 96 valence electrons. The van der Waals surface area contributed by atoms with Crippen LogP contribution in [0.1, 0.15) is 15.9 Å². The first-order chi connectivity index (χ1) is 9.18. The summed E-state index contributed by atoms with van der Waals surface area (Å²) in [5.74, 6) is -0.448. The molecule has 2 rings (SSSR count). The third-order valence-electron chi connectivity index (χ3n) is 2.64. The van der Waals surface area contributed by atoms with Crippen LogP contribution in [-0.4, -0.2) is 10.8 Å². The summed E-state index contributed by atoms with van der Waals surface area (Å²) in [5, 5.41) is 13.5. The Morgan fingerprint density at radius 3 is 2.37 bits per heavy atom. The van der Waals surface area contributed by atoms with Crippen molar-refractivity contribution < 1.29 is 9.72 Å². The predicted octanol–water partition coefficient (Wildman–Crippen LogP) is 2.52. The van der Waals surface area contributed by atoms with E-state index in [0.717, 1.165) is 5.56 Å². The molecule has 2 aromatic rings. The van der Waals surface area contributed by atoms with Gasteiger partial charge in [-0.05, 0) is 11.6 Å². The second kappa shape index (κ2) is 5.77. The summed E-state index contributed by atoms with van der Waals surface area (Å²) < 4.78 is 0. The molecule has 0 spiro atoms. The minimum atomic E-state index is -0.558. The summed E-state index contributed by atoms with van der Waals surface area (Å²) in [6, 6.07) is 15.3. The second-order valence-electron chi connectivity index (χ2n) is 3.94. The lowest BCUT2D eigenvalue weighted by molar-refractivity contribution is -0.385. The fourth-order valence-corrected chi connectivity index (χ4v) is 1.70. The van der Waals surface area contributed by atoms with Gasteiger partial charge < -0.3 is 5.32 Å². The molecule has 1 amide bonds. The third kappa shape index (κ3) is 3.16. The topological polar surface area (TPSA) is 72.2 Å². The lowest BCUT2D eigenvalue weighted by Crippen LogP contribution is -2.23.